The first-order valence-electron chi connectivity index (χ1n) is 19.4. The Morgan fingerprint density at radius 3 is 2.42 bits per heavy atom. The zero-order valence-corrected chi connectivity index (χ0v) is 34.7. The van der Waals surface area contributed by atoms with Crippen molar-refractivity contribution >= 4 is 62.6 Å². The Morgan fingerprint density at radius 2 is 1.74 bits per heavy atom. The summed E-state index contributed by atoms with van der Waals surface area (Å²) in [5, 5.41) is 22.5. The fourth-order valence-electron chi connectivity index (χ4n) is 8.69. The zero-order chi connectivity index (χ0) is 40.3. The quantitative estimate of drug-likeness (QED) is 0.130. The second kappa shape index (κ2) is 15.5. The van der Waals surface area contributed by atoms with Crippen LogP contribution in [0.4, 0.5) is 5.69 Å². The van der Waals surface area contributed by atoms with Gasteiger partial charge in [0.2, 0.25) is 0 Å². The molecule has 298 valence electrons. The Hall–Kier alpha value is -4.88. The van der Waals surface area contributed by atoms with Crippen LogP contribution in [0.15, 0.2) is 42.6 Å². The highest BCUT2D eigenvalue weighted by Gasteiger charge is 2.37. The third kappa shape index (κ3) is 6.96. The van der Waals surface area contributed by atoms with Gasteiger partial charge in [-0.25, -0.2) is 4.79 Å². The molecule has 1 N–H and O–H groups in total. The number of ether oxygens (including phenoxy) is 2. The van der Waals surface area contributed by atoms with Crippen LogP contribution in [0, 0.1) is 27.7 Å². The molecular formula is C43H47Cl2N7O5. The van der Waals surface area contributed by atoms with Gasteiger partial charge in [-0.1, -0.05) is 29.3 Å². The molecule has 57 heavy (non-hydrogen) atoms. The molecule has 5 heterocycles. The number of fused-ring (bicyclic) bond motifs is 4. The lowest BCUT2D eigenvalue weighted by molar-refractivity contribution is 0.0361. The Bertz CT molecular complexity index is 2540. The molecule has 8 rings (SSSR count). The van der Waals surface area contributed by atoms with Crippen molar-refractivity contribution in [3.63, 3.8) is 0 Å². The van der Waals surface area contributed by atoms with Crippen molar-refractivity contribution in [2.75, 3.05) is 50.9 Å². The summed E-state index contributed by atoms with van der Waals surface area (Å²) in [5.74, 6) is -0.533. The number of anilines is 1. The van der Waals surface area contributed by atoms with E-state index in [-0.39, 0.29) is 17.5 Å². The number of hydrogen-bond acceptors (Lipinski definition) is 7. The number of benzene rings is 3. The summed E-state index contributed by atoms with van der Waals surface area (Å²) >= 11 is 13.5. The van der Waals surface area contributed by atoms with E-state index in [4.69, 9.17) is 37.8 Å². The molecule has 14 heteroatoms. The van der Waals surface area contributed by atoms with Gasteiger partial charge in [-0.05, 0) is 94.5 Å². The predicted octanol–water partition coefficient (Wildman–Crippen LogP) is 8.20. The molecule has 1 amide bonds. The number of carboxylic acid groups (broad SMARTS) is 1. The van der Waals surface area contributed by atoms with Crippen LogP contribution in [-0.2, 0) is 24.8 Å². The Labute approximate surface area is 341 Å². The van der Waals surface area contributed by atoms with Crippen molar-refractivity contribution in [1.82, 2.24) is 29.0 Å². The van der Waals surface area contributed by atoms with Crippen molar-refractivity contribution in [2.24, 2.45) is 7.05 Å². The Kier molecular flexibility index (Phi) is 10.6. The minimum atomic E-state index is -1.07. The summed E-state index contributed by atoms with van der Waals surface area (Å²) in [7, 11) is 1.92. The van der Waals surface area contributed by atoms with Gasteiger partial charge in [0, 0.05) is 77.6 Å². The molecule has 6 aromatic rings. The van der Waals surface area contributed by atoms with E-state index in [1.165, 1.54) is 0 Å². The lowest BCUT2D eigenvalue weighted by atomic mass is 9.98. The van der Waals surface area contributed by atoms with Crippen LogP contribution in [0.5, 0.6) is 5.75 Å². The Balaban J connectivity index is 1.22. The number of halogens is 2. The summed E-state index contributed by atoms with van der Waals surface area (Å²) in [6.45, 7) is 15.1. The molecule has 1 atom stereocenters. The number of carbonyl (C=O) groups excluding carboxylic acids is 1. The van der Waals surface area contributed by atoms with Crippen molar-refractivity contribution in [3.8, 4) is 16.9 Å². The molecule has 0 radical (unpaired) electrons. The van der Waals surface area contributed by atoms with Crippen molar-refractivity contribution in [3.05, 3.63) is 92.0 Å². The lowest BCUT2D eigenvalue weighted by Gasteiger charge is -2.34. The van der Waals surface area contributed by atoms with E-state index >= 15 is 4.79 Å². The maximum atomic E-state index is 15.2. The number of nitrogens with zero attached hydrogens (tertiary/aromatic N) is 7. The zero-order valence-electron chi connectivity index (χ0n) is 33.2. The van der Waals surface area contributed by atoms with Gasteiger partial charge in [-0.2, -0.15) is 10.2 Å². The SMILES string of the molecule is Cc1cc(OCCCc2c3n(c4c(-c5c(C)nn(C)c5C)c(Cl)ccc24)C(C)CN(c2cc(C(=O)O)c4cnn(CCN5CCOCC5)c4c2)C3=O)cc(C)c1Cl. The molecule has 3 aromatic heterocycles. The number of carbonyl (C=O) groups is 2. The number of aromatic nitrogens is 5. The molecule has 0 spiro atoms. The highest BCUT2D eigenvalue weighted by molar-refractivity contribution is 6.35. The normalized spacial score (nSPS) is 16.2. The minimum Gasteiger partial charge on any atom is -0.494 e. The van der Waals surface area contributed by atoms with Gasteiger partial charge in [-0.3, -0.25) is 19.1 Å². The number of amides is 1. The highest BCUT2D eigenvalue weighted by atomic mass is 35.5. The molecule has 1 fully saturated rings. The molecule has 2 aliphatic heterocycles. The fourth-order valence-corrected chi connectivity index (χ4v) is 9.04. The van der Waals surface area contributed by atoms with Gasteiger partial charge in [0.05, 0.1) is 59.9 Å². The average molecular weight is 813 g/mol. The van der Waals surface area contributed by atoms with Crippen LogP contribution >= 0.6 is 23.2 Å². The van der Waals surface area contributed by atoms with E-state index in [2.05, 4.69) is 21.5 Å². The Morgan fingerprint density at radius 1 is 1.00 bits per heavy atom. The molecule has 1 unspecified atom stereocenters. The number of aromatic carboxylic acids is 1. The summed E-state index contributed by atoms with van der Waals surface area (Å²) in [6.07, 6.45) is 2.80. The third-order valence-corrected chi connectivity index (χ3v) is 12.5. The van der Waals surface area contributed by atoms with Gasteiger partial charge >= 0.3 is 5.97 Å². The highest BCUT2D eigenvalue weighted by Crippen LogP contribution is 2.45. The van der Waals surface area contributed by atoms with Crippen molar-refractivity contribution in [1.29, 1.82) is 0 Å². The molecule has 0 bridgehead atoms. The topological polar surface area (TPSA) is 120 Å². The van der Waals surface area contributed by atoms with Crippen molar-refractivity contribution < 1.29 is 24.2 Å². The van der Waals surface area contributed by atoms with Gasteiger partial charge in [0.15, 0.2) is 0 Å². The molecule has 12 nitrogen and oxygen atoms in total. The van der Waals surface area contributed by atoms with Crippen LogP contribution < -0.4 is 9.64 Å². The average Bonchev–Trinajstić information content (AvgIpc) is 3.83. The van der Waals surface area contributed by atoms with E-state index in [0.29, 0.717) is 73.1 Å². The monoisotopic (exact) mass is 811 g/mol. The van der Waals surface area contributed by atoms with Crippen LogP contribution in [0.25, 0.3) is 32.9 Å². The van der Waals surface area contributed by atoms with Gasteiger partial charge in [0.1, 0.15) is 11.4 Å². The summed E-state index contributed by atoms with van der Waals surface area (Å²) < 4.78 is 17.6. The van der Waals surface area contributed by atoms with Crippen LogP contribution in [0.1, 0.15) is 68.3 Å². The second-order valence-electron chi connectivity index (χ2n) is 15.3. The molecule has 0 aliphatic carbocycles. The number of hydrogen-bond donors (Lipinski definition) is 1. The largest absolute Gasteiger partial charge is 0.494 e. The number of carboxylic acids is 1. The standard InChI is InChI=1S/C43H47Cl2N7O5/c1-24-18-30(19-25(2)39(24)45)57-15-7-8-31-32-9-10-35(44)38(37-27(4)47-48(6)28(37)5)40(32)52-26(3)23-50(42(53)41(31)52)29-20-33(43(54)55)34-22-46-51(36(34)21-29)12-11-49-13-16-56-17-14-49/h9-10,18-22,26H,7-8,11-17,23H2,1-6H3,(H,54,55). The third-order valence-electron chi connectivity index (χ3n) is 11.6. The fraction of sp³-hybridized carbons (Fsp3) is 0.395. The summed E-state index contributed by atoms with van der Waals surface area (Å²) in [6, 6.07) is 11.1. The van der Waals surface area contributed by atoms with Crippen LogP contribution in [0.3, 0.4) is 0 Å². The van der Waals surface area contributed by atoms with Gasteiger partial charge in [0.25, 0.3) is 5.91 Å². The number of rotatable bonds is 11. The van der Waals surface area contributed by atoms with Gasteiger partial charge in [-0.15, -0.1) is 0 Å². The first kappa shape index (κ1) is 39.0. The summed E-state index contributed by atoms with van der Waals surface area (Å²) in [4.78, 5) is 32.0. The number of morpholine rings is 1. The molecule has 2 aliphatic rings. The van der Waals surface area contributed by atoms with E-state index in [0.717, 1.165) is 80.5 Å². The molecule has 1 saturated heterocycles. The second-order valence-corrected chi connectivity index (χ2v) is 16.1. The van der Waals surface area contributed by atoms with Crippen LogP contribution in [0.2, 0.25) is 10.0 Å². The van der Waals surface area contributed by atoms with Crippen LogP contribution in [-0.4, -0.2) is 92.0 Å². The maximum absolute atomic E-state index is 15.2. The lowest BCUT2D eigenvalue weighted by Crippen LogP contribution is -2.42. The molecule has 0 saturated carbocycles. The van der Waals surface area contributed by atoms with E-state index in [1.807, 2.05) is 74.4 Å². The van der Waals surface area contributed by atoms with E-state index < -0.39 is 5.97 Å². The molecular weight excluding hydrogens is 765 g/mol. The summed E-state index contributed by atoms with van der Waals surface area (Å²) in [5.41, 5.74) is 9.15. The maximum Gasteiger partial charge on any atom is 0.336 e. The smallest absolute Gasteiger partial charge is 0.336 e. The predicted molar refractivity (Wildman–Crippen MR) is 224 cm³/mol. The van der Waals surface area contributed by atoms with Crippen molar-refractivity contribution in [2.45, 2.75) is 60.0 Å². The first-order valence-corrected chi connectivity index (χ1v) is 20.2. The first-order chi connectivity index (χ1) is 27.3. The van der Waals surface area contributed by atoms with E-state index in [1.54, 1.807) is 17.2 Å². The molecule has 3 aromatic carbocycles. The number of aryl methyl sites for hydroxylation is 5. The van der Waals surface area contributed by atoms with Gasteiger partial charge < -0.3 is 24.0 Å². The minimum absolute atomic E-state index is 0.105. The van der Waals surface area contributed by atoms with E-state index in [9.17, 15) is 9.90 Å².